The van der Waals surface area contributed by atoms with Crippen LogP contribution in [0.5, 0.6) is 0 Å². The van der Waals surface area contributed by atoms with Crippen LogP contribution < -0.4 is 5.32 Å². The molecule has 1 aliphatic rings. The van der Waals surface area contributed by atoms with Crippen molar-refractivity contribution in [2.75, 3.05) is 13.1 Å². The van der Waals surface area contributed by atoms with Crippen LogP contribution in [0.1, 0.15) is 35.1 Å². The number of carboxylic acid groups (broad SMARTS) is 1. The molecule has 1 atom stereocenters. The molecule has 2 aromatic heterocycles. The van der Waals surface area contributed by atoms with Gasteiger partial charge in [0.15, 0.2) is 0 Å². The average Bonchev–Trinajstić information content (AvgIpc) is 2.83. The minimum Gasteiger partial charge on any atom is -0.475 e. The van der Waals surface area contributed by atoms with Crippen molar-refractivity contribution in [3.8, 4) is 0 Å². The number of fused-ring (bicyclic) bond motifs is 1. The molecule has 18 heavy (non-hydrogen) atoms. The van der Waals surface area contributed by atoms with Gasteiger partial charge in [0.05, 0.1) is 5.69 Å². The molecule has 2 N–H and O–H groups in total. The summed E-state index contributed by atoms with van der Waals surface area (Å²) in [6.07, 6.45) is 3.82. The Morgan fingerprint density at radius 1 is 1.56 bits per heavy atom. The Morgan fingerprint density at radius 3 is 3.17 bits per heavy atom. The lowest BCUT2D eigenvalue weighted by Crippen LogP contribution is -2.29. The van der Waals surface area contributed by atoms with Gasteiger partial charge in [0.2, 0.25) is 0 Å². The Hall–Kier alpha value is -2.02. The van der Waals surface area contributed by atoms with Crippen LogP contribution in [-0.2, 0) is 0 Å². The van der Waals surface area contributed by atoms with Crippen LogP contribution in [0, 0.1) is 0 Å². The first-order valence-corrected chi connectivity index (χ1v) is 5.91. The summed E-state index contributed by atoms with van der Waals surface area (Å²) >= 11 is 0. The Morgan fingerprint density at radius 2 is 2.44 bits per heavy atom. The average molecular weight is 247 g/mol. The second-order valence-corrected chi connectivity index (χ2v) is 4.37. The molecule has 7 nitrogen and oxygen atoms in total. The van der Waals surface area contributed by atoms with Gasteiger partial charge in [-0.3, -0.25) is 0 Å². The van der Waals surface area contributed by atoms with Crippen LogP contribution in [0.15, 0.2) is 12.3 Å². The molecule has 3 heterocycles. The van der Waals surface area contributed by atoms with Gasteiger partial charge in [-0.2, -0.15) is 4.98 Å². The number of aromatic carboxylic acids is 1. The second-order valence-electron chi connectivity index (χ2n) is 4.37. The Kier molecular flexibility index (Phi) is 2.67. The molecule has 0 aliphatic carbocycles. The van der Waals surface area contributed by atoms with E-state index in [4.69, 9.17) is 5.11 Å². The molecule has 0 saturated carbocycles. The summed E-state index contributed by atoms with van der Waals surface area (Å²) in [5.41, 5.74) is 0.965. The molecule has 0 aromatic carbocycles. The van der Waals surface area contributed by atoms with Gasteiger partial charge in [-0.05, 0) is 25.5 Å². The first-order valence-electron chi connectivity index (χ1n) is 5.91. The van der Waals surface area contributed by atoms with E-state index in [1.807, 2.05) is 6.07 Å². The third kappa shape index (κ3) is 1.82. The number of nitrogens with zero attached hydrogens (tertiary/aromatic N) is 4. The number of hydrogen-bond donors (Lipinski definition) is 2. The van der Waals surface area contributed by atoms with Gasteiger partial charge in [-0.25, -0.2) is 14.3 Å². The molecular formula is C11H13N5O2. The first kappa shape index (κ1) is 11.1. The predicted molar refractivity (Wildman–Crippen MR) is 62.6 cm³/mol. The zero-order valence-corrected chi connectivity index (χ0v) is 9.70. The van der Waals surface area contributed by atoms with Gasteiger partial charge in [0.25, 0.3) is 11.6 Å². The third-order valence-corrected chi connectivity index (χ3v) is 3.18. The summed E-state index contributed by atoms with van der Waals surface area (Å²) in [5.74, 6) is -0.671. The maximum Gasteiger partial charge on any atom is 0.375 e. The minimum atomic E-state index is -1.13. The summed E-state index contributed by atoms with van der Waals surface area (Å²) in [7, 11) is 0. The number of rotatable bonds is 2. The quantitative estimate of drug-likeness (QED) is 0.792. The van der Waals surface area contributed by atoms with Crippen molar-refractivity contribution in [1.82, 2.24) is 24.9 Å². The van der Waals surface area contributed by atoms with E-state index in [0.29, 0.717) is 11.7 Å². The highest BCUT2D eigenvalue weighted by atomic mass is 16.4. The van der Waals surface area contributed by atoms with Crippen LogP contribution >= 0.6 is 0 Å². The summed E-state index contributed by atoms with van der Waals surface area (Å²) in [6.45, 7) is 1.91. The molecule has 7 heteroatoms. The van der Waals surface area contributed by atoms with Gasteiger partial charge in [-0.1, -0.05) is 0 Å². The summed E-state index contributed by atoms with van der Waals surface area (Å²) in [6, 6.07) is 1.88. The monoisotopic (exact) mass is 247 g/mol. The molecule has 1 fully saturated rings. The number of piperidine rings is 1. The van der Waals surface area contributed by atoms with Gasteiger partial charge in [-0.15, -0.1) is 5.10 Å². The van der Waals surface area contributed by atoms with Gasteiger partial charge in [0.1, 0.15) is 0 Å². The number of nitrogens with one attached hydrogen (secondary N) is 1. The molecule has 1 aliphatic heterocycles. The van der Waals surface area contributed by atoms with Crippen LogP contribution in [0.3, 0.4) is 0 Å². The summed E-state index contributed by atoms with van der Waals surface area (Å²) in [4.78, 5) is 18.8. The fraction of sp³-hybridized carbons (Fsp3) is 0.455. The summed E-state index contributed by atoms with van der Waals surface area (Å²) < 4.78 is 1.54. The Bertz CT molecular complexity index is 588. The third-order valence-electron chi connectivity index (χ3n) is 3.18. The largest absolute Gasteiger partial charge is 0.475 e. The molecule has 0 amide bonds. The lowest BCUT2D eigenvalue weighted by molar-refractivity contribution is 0.0684. The zero-order valence-electron chi connectivity index (χ0n) is 9.70. The van der Waals surface area contributed by atoms with E-state index in [-0.39, 0.29) is 5.82 Å². The topological polar surface area (TPSA) is 92.4 Å². The lowest BCUT2D eigenvalue weighted by atomic mass is 9.96. The van der Waals surface area contributed by atoms with Crippen molar-refractivity contribution in [3.63, 3.8) is 0 Å². The molecule has 3 rings (SSSR count). The van der Waals surface area contributed by atoms with E-state index in [1.165, 1.54) is 0 Å². The van der Waals surface area contributed by atoms with E-state index in [9.17, 15) is 4.79 Å². The van der Waals surface area contributed by atoms with Crippen LogP contribution in [0.25, 0.3) is 5.78 Å². The van der Waals surface area contributed by atoms with E-state index in [1.54, 1.807) is 10.7 Å². The van der Waals surface area contributed by atoms with E-state index >= 15 is 0 Å². The summed E-state index contributed by atoms with van der Waals surface area (Å²) in [5, 5.41) is 16.2. The predicted octanol–water partition coefficient (Wildman–Crippen LogP) is 0.289. The number of aromatic nitrogens is 4. The molecular weight excluding hydrogens is 234 g/mol. The standard InChI is InChI=1S/C11H13N5O2/c17-10(18)9-14-11-13-5-3-8(16(11)15-9)7-2-1-4-12-6-7/h3,5,7,12H,1-2,4,6H2,(H,17,18). The second kappa shape index (κ2) is 4.34. The fourth-order valence-electron chi connectivity index (χ4n) is 2.32. The minimum absolute atomic E-state index is 0.210. The van der Waals surface area contributed by atoms with Crippen molar-refractivity contribution in [2.45, 2.75) is 18.8 Å². The smallest absolute Gasteiger partial charge is 0.375 e. The molecule has 2 aromatic rings. The number of hydrogen-bond acceptors (Lipinski definition) is 5. The molecule has 94 valence electrons. The van der Waals surface area contributed by atoms with Crippen LogP contribution in [-0.4, -0.2) is 43.7 Å². The maximum absolute atomic E-state index is 10.9. The number of carbonyl (C=O) groups is 1. The van der Waals surface area contributed by atoms with Crippen molar-refractivity contribution >= 4 is 11.7 Å². The van der Waals surface area contributed by atoms with Gasteiger partial charge < -0.3 is 10.4 Å². The maximum atomic E-state index is 10.9. The van der Waals surface area contributed by atoms with Crippen molar-refractivity contribution < 1.29 is 9.90 Å². The van der Waals surface area contributed by atoms with E-state index in [2.05, 4.69) is 20.4 Å². The fourth-order valence-corrected chi connectivity index (χ4v) is 2.32. The molecule has 0 bridgehead atoms. The van der Waals surface area contributed by atoms with Gasteiger partial charge >= 0.3 is 5.97 Å². The van der Waals surface area contributed by atoms with E-state index in [0.717, 1.165) is 31.6 Å². The molecule has 0 radical (unpaired) electrons. The molecule has 0 spiro atoms. The van der Waals surface area contributed by atoms with Crippen molar-refractivity contribution in [2.24, 2.45) is 0 Å². The highest BCUT2D eigenvalue weighted by Crippen LogP contribution is 2.22. The zero-order chi connectivity index (χ0) is 12.5. The molecule has 1 unspecified atom stereocenters. The first-order chi connectivity index (χ1) is 8.75. The number of carboxylic acids is 1. The van der Waals surface area contributed by atoms with Crippen molar-refractivity contribution in [1.29, 1.82) is 0 Å². The lowest BCUT2D eigenvalue weighted by Gasteiger charge is -2.22. The van der Waals surface area contributed by atoms with Gasteiger partial charge in [0, 0.05) is 18.7 Å². The Labute approximate surface area is 103 Å². The highest BCUT2D eigenvalue weighted by molar-refractivity contribution is 5.83. The molecule has 1 saturated heterocycles. The van der Waals surface area contributed by atoms with E-state index < -0.39 is 5.97 Å². The SMILES string of the molecule is O=C(O)c1nc2nccc(C3CCCNC3)n2n1. The normalized spacial score (nSPS) is 20.1. The van der Waals surface area contributed by atoms with Crippen LogP contribution in [0.2, 0.25) is 0 Å². The van der Waals surface area contributed by atoms with Crippen LogP contribution in [0.4, 0.5) is 0 Å². The van der Waals surface area contributed by atoms with Crippen molar-refractivity contribution in [3.05, 3.63) is 23.8 Å². The Balaban J connectivity index is 2.07. The highest BCUT2D eigenvalue weighted by Gasteiger charge is 2.20.